The number of hydrogen-bond acceptors (Lipinski definition) is 2. The molecule has 0 aromatic carbocycles. The van der Waals surface area contributed by atoms with Gasteiger partial charge < -0.3 is 4.90 Å². The van der Waals surface area contributed by atoms with Crippen LogP contribution < -0.4 is 0 Å². The van der Waals surface area contributed by atoms with E-state index in [1.807, 2.05) is 17.3 Å². The predicted octanol–water partition coefficient (Wildman–Crippen LogP) is 1.75. The molecule has 0 aliphatic heterocycles. The molecule has 48 valence electrons. The van der Waals surface area contributed by atoms with Crippen molar-refractivity contribution in [2.45, 2.75) is 0 Å². The molecule has 0 aliphatic carbocycles. The molecular weight excluding hydrogens is 233 g/mol. The van der Waals surface area contributed by atoms with Gasteiger partial charge >= 0.3 is 0 Å². The SMILES string of the molecule is CN(/C=C\I)CCS. The summed E-state index contributed by atoms with van der Waals surface area (Å²) in [5.74, 6) is 0.914. The second-order valence-electron chi connectivity index (χ2n) is 1.48. The van der Waals surface area contributed by atoms with Gasteiger partial charge in [-0.25, -0.2) is 0 Å². The maximum absolute atomic E-state index is 4.07. The summed E-state index contributed by atoms with van der Waals surface area (Å²) in [6, 6.07) is 0. The average molecular weight is 243 g/mol. The molecule has 0 bridgehead atoms. The van der Waals surface area contributed by atoms with Gasteiger partial charge in [0.1, 0.15) is 0 Å². The lowest BCUT2D eigenvalue weighted by Crippen LogP contribution is -2.12. The van der Waals surface area contributed by atoms with E-state index in [9.17, 15) is 0 Å². The van der Waals surface area contributed by atoms with Gasteiger partial charge in [-0.2, -0.15) is 12.6 Å². The second-order valence-corrected chi connectivity index (χ2v) is 2.65. The van der Waals surface area contributed by atoms with Crippen molar-refractivity contribution >= 4 is 35.2 Å². The largest absolute Gasteiger partial charge is 0.379 e. The standard InChI is InChI=1S/C5H10INS/c1-7(3-2-6)4-5-8/h2-3,8H,4-5H2,1H3/b3-2-. The summed E-state index contributed by atoms with van der Waals surface area (Å²) >= 11 is 6.27. The Hall–Kier alpha value is 0.620. The summed E-state index contributed by atoms with van der Waals surface area (Å²) in [4.78, 5) is 2.10. The van der Waals surface area contributed by atoms with E-state index in [4.69, 9.17) is 0 Å². The summed E-state index contributed by atoms with van der Waals surface area (Å²) in [7, 11) is 2.03. The Kier molecular flexibility index (Phi) is 6.20. The third kappa shape index (κ3) is 4.77. The van der Waals surface area contributed by atoms with Gasteiger partial charge in [0, 0.05) is 25.5 Å². The van der Waals surface area contributed by atoms with E-state index in [2.05, 4.69) is 40.1 Å². The summed E-state index contributed by atoms with van der Waals surface area (Å²) < 4.78 is 1.99. The first-order valence-electron chi connectivity index (χ1n) is 2.39. The van der Waals surface area contributed by atoms with Gasteiger partial charge in [0.2, 0.25) is 0 Å². The topological polar surface area (TPSA) is 3.24 Å². The van der Waals surface area contributed by atoms with Gasteiger partial charge in [-0.05, 0) is 4.08 Å². The fourth-order valence-corrected chi connectivity index (χ4v) is 1.19. The van der Waals surface area contributed by atoms with Crippen molar-refractivity contribution in [2.24, 2.45) is 0 Å². The summed E-state index contributed by atoms with van der Waals surface area (Å²) in [6.45, 7) is 1.02. The molecule has 0 atom stereocenters. The Morgan fingerprint density at radius 1 is 1.75 bits per heavy atom. The maximum Gasteiger partial charge on any atom is 0.0257 e. The molecule has 0 spiro atoms. The smallest absolute Gasteiger partial charge is 0.0257 e. The van der Waals surface area contributed by atoms with Crippen LogP contribution in [0.5, 0.6) is 0 Å². The zero-order chi connectivity index (χ0) is 6.41. The monoisotopic (exact) mass is 243 g/mol. The van der Waals surface area contributed by atoms with Crippen LogP contribution in [0.4, 0.5) is 0 Å². The lowest BCUT2D eigenvalue weighted by atomic mass is 10.6. The zero-order valence-electron chi connectivity index (χ0n) is 4.84. The quantitative estimate of drug-likeness (QED) is 0.583. The van der Waals surface area contributed by atoms with Crippen LogP contribution in [0.2, 0.25) is 0 Å². The van der Waals surface area contributed by atoms with Gasteiger partial charge in [-0.15, -0.1) is 0 Å². The molecule has 0 saturated carbocycles. The van der Waals surface area contributed by atoms with E-state index in [1.165, 1.54) is 0 Å². The minimum Gasteiger partial charge on any atom is -0.379 e. The Morgan fingerprint density at radius 3 is 2.75 bits per heavy atom. The van der Waals surface area contributed by atoms with Crippen molar-refractivity contribution in [3.63, 3.8) is 0 Å². The van der Waals surface area contributed by atoms with Crippen LogP contribution in [0.25, 0.3) is 0 Å². The van der Waals surface area contributed by atoms with Crippen LogP contribution in [0.3, 0.4) is 0 Å². The first-order chi connectivity index (χ1) is 3.81. The number of nitrogens with zero attached hydrogens (tertiary/aromatic N) is 1. The minimum absolute atomic E-state index is 0.914. The van der Waals surface area contributed by atoms with E-state index in [1.54, 1.807) is 0 Å². The molecular formula is C5H10INS. The molecule has 0 heterocycles. The fourth-order valence-electron chi connectivity index (χ4n) is 0.328. The van der Waals surface area contributed by atoms with Gasteiger partial charge in [0.05, 0.1) is 0 Å². The van der Waals surface area contributed by atoms with E-state index in [-0.39, 0.29) is 0 Å². The van der Waals surface area contributed by atoms with Crippen molar-refractivity contribution in [1.82, 2.24) is 4.90 Å². The predicted molar refractivity (Wildman–Crippen MR) is 49.6 cm³/mol. The molecule has 1 nitrogen and oxygen atoms in total. The van der Waals surface area contributed by atoms with Gasteiger partial charge in [0.25, 0.3) is 0 Å². The lowest BCUT2D eigenvalue weighted by Gasteiger charge is -2.09. The highest BCUT2D eigenvalue weighted by Gasteiger charge is 1.83. The Bertz CT molecular complexity index is 74.8. The number of thiol groups is 1. The maximum atomic E-state index is 4.07. The molecule has 0 amide bonds. The van der Waals surface area contributed by atoms with Gasteiger partial charge in [-0.3, -0.25) is 0 Å². The normalized spacial score (nSPS) is 10.4. The Labute approximate surface area is 69.7 Å². The molecule has 0 aromatic heterocycles. The van der Waals surface area contributed by atoms with E-state index in [0.29, 0.717) is 0 Å². The highest BCUT2D eigenvalue weighted by atomic mass is 127. The first-order valence-corrected chi connectivity index (χ1v) is 4.27. The van der Waals surface area contributed by atoms with Crippen molar-refractivity contribution in [1.29, 1.82) is 0 Å². The second kappa shape index (κ2) is 5.75. The van der Waals surface area contributed by atoms with Crippen LogP contribution in [0.1, 0.15) is 0 Å². The average Bonchev–Trinajstić information content (AvgIpc) is 1.68. The molecule has 3 heteroatoms. The summed E-state index contributed by atoms with van der Waals surface area (Å²) in [5, 5.41) is 0. The van der Waals surface area contributed by atoms with Crippen LogP contribution in [0.15, 0.2) is 10.3 Å². The fraction of sp³-hybridized carbons (Fsp3) is 0.600. The van der Waals surface area contributed by atoms with Crippen LogP contribution in [0, 0.1) is 0 Å². The molecule has 8 heavy (non-hydrogen) atoms. The lowest BCUT2D eigenvalue weighted by molar-refractivity contribution is 0.490. The number of rotatable bonds is 3. The van der Waals surface area contributed by atoms with Gasteiger partial charge in [0.15, 0.2) is 0 Å². The molecule has 0 radical (unpaired) electrons. The molecule has 0 N–H and O–H groups in total. The Morgan fingerprint density at radius 2 is 2.38 bits per heavy atom. The van der Waals surface area contributed by atoms with E-state index < -0.39 is 0 Å². The van der Waals surface area contributed by atoms with Crippen LogP contribution in [-0.4, -0.2) is 24.2 Å². The Balaban J connectivity index is 3.17. The number of hydrogen-bond donors (Lipinski definition) is 1. The van der Waals surface area contributed by atoms with Crippen molar-refractivity contribution in [3.8, 4) is 0 Å². The molecule has 0 fully saturated rings. The summed E-state index contributed by atoms with van der Waals surface area (Å²) in [6.07, 6.45) is 2.02. The van der Waals surface area contributed by atoms with E-state index in [0.717, 1.165) is 12.3 Å². The van der Waals surface area contributed by atoms with Crippen molar-refractivity contribution in [2.75, 3.05) is 19.3 Å². The third-order valence-electron chi connectivity index (χ3n) is 0.764. The number of halogens is 1. The molecule has 0 aromatic rings. The van der Waals surface area contributed by atoms with E-state index >= 15 is 0 Å². The highest BCUT2D eigenvalue weighted by molar-refractivity contribution is 14.1. The minimum atomic E-state index is 0.914. The first kappa shape index (κ1) is 8.62. The summed E-state index contributed by atoms with van der Waals surface area (Å²) in [5.41, 5.74) is 0. The van der Waals surface area contributed by atoms with Crippen molar-refractivity contribution < 1.29 is 0 Å². The van der Waals surface area contributed by atoms with Gasteiger partial charge in [-0.1, -0.05) is 22.6 Å². The van der Waals surface area contributed by atoms with Crippen molar-refractivity contribution in [3.05, 3.63) is 10.3 Å². The van der Waals surface area contributed by atoms with Crippen LogP contribution >= 0.6 is 35.2 Å². The zero-order valence-corrected chi connectivity index (χ0v) is 7.89. The molecule has 0 unspecified atom stereocenters. The molecule has 0 saturated heterocycles. The molecule has 0 rings (SSSR count). The highest BCUT2D eigenvalue weighted by Crippen LogP contribution is 1.89. The molecule has 0 aliphatic rings. The van der Waals surface area contributed by atoms with Crippen LogP contribution in [-0.2, 0) is 0 Å². The third-order valence-corrected chi connectivity index (χ3v) is 1.29.